The number of rotatable bonds is 12. The van der Waals surface area contributed by atoms with Crippen molar-refractivity contribution in [2.75, 3.05) is 44.6 Å². The Morgan fingerprint density at radius 3 is 2.37 bits per heavy atom. The molecule has 0 aliphatic carbocycles. The van der Waals surface area contributed by atoms with Crippen molar-refractivity contribution in [2.45, 2.75) is 43.5 Å². The second-order valence-corrected chi connectivity index (χ2v) is 13.4. The van der Waals surface area contributed by atoms with E-state index in [0.29, 0.717) is 33.0 Å². The molecule has 12 heteroatoms. The Balaban J connectivity index is 1.27. The molecule has 0 bridgehead atoms. The maximum absolute atomic E-state index is 14.7. The number of alkyl halides is 3. The van der Waals surface area contributed by atoms with Crippen molar-refractivity contribution >= 4 is 23.4 Å². The molecule has 1 atom stereocenters. The van der Waals surface area contributed by atoms with Gasteiger partial charge in [-0.3, -0.25) is 4.79 Å². The van der Waals surface area contributed by atoms with Crippen molar-refractivity contribution in [3.8, 4) is 11.1 Å². The number of likely N-dealkylation sites (tertiary alicyclic amines) is 1. The summed E-state index contributed by atoms with van der Waals surface area (Å²) in [6.45, 7) is -6.43. The third-order valence-corrected chi connectivity index (χ3v) is 10.3. The number of nitrogens with zero attached hydrogens (tertiary/aromatic N) is 3. The molecule has 0 spiro atoms. The number of amides is 1. The second-order valence-electron chi connectivity index (χ2n) is 12.4. The van der Waals surface area contributed by atoms with E-state index < -0.39 is 61.5 Å². The zero-order valence-electron chi connectivity index (χ0n) is 34.7. The number of carbonyl (C=O) groups is 1. The first kappa shape index (κ1) is 29.2. The lowest BCUT2D eigenvalue weighted by Crippen LogP contribution is -2.50. The van der Waals surface area contributed by atoms with Crippen LogP contribution in [0.15, 0.2) is 102 Å². The molecule has 2 aliphatic heterocycles. The number of anilines is 1. The number of carbonyl (C=O) groups excluding carboxylic acids is 1. The van der Waals surface area contributed by atoms with Gasteiger partial charge in [-0.15, -0.1) is 11.8 Å². The number of hydrogen-bond donors (Lipinski definition) is 1. The van der Waals surface area contributed by atoms with Gasteiger partial charge in [0.05, 0.1) is 24.0 Å². The Morgan fingerprint density at radius 1 is 0.981 bits per heavy atom. The SMILES string of the molecule is [2H]C([2H])([2H])OC([2H])([2H])C([2H])([2H])N1CCC(N(Cc2ccc(-c3ccc(C(F)(F)F)cc3)cc2)C(=O)CN2C(SCc3cccc(F)c3F)=CC(O)c3ccccc32)CC1. The van der Waals surface area contributed by atoms with E-state index in [9.17, 15) is 31.9 Å². The van der Waals surface area contributed by atoms with Crippen molar-refractivity contribution in [1.82, 2.24) is 9.80 Å². The van der Waals surface area contributed by atoms with Crippen molar-refractivity contribution in [3.63, 3.8) is 0 Å². The lowest BCUT2D eigenvalue weighted by Gasteiger charge is -2.40. The number of aliphatic hydroxyl groups excluding tert-OH is 1. The smallest absolute Gasteiger partial charge is 0.384 e. The molecule has 52 heavy (non-hydrogen) atoms. The van der Waals surface area contributed by atoms with Gasteiger partial charge < -0.3 is 24.5 Å². The lowest BCUT2D eigenvalue weighted by molar-refractivity contribution is -0.137. The van der Waals surface area contributed by atoms with Gasteiger partial charge in [-0.2, -0.15) is 13.2 Å². The average molecular weight is 745 g/mol. The first-order valence-corrected chi connectivity index (χ1v) is 17.5. The summed E-state index contributed by atoms with van der Waals surface area (Å²) in [5, 5.41) is 11.5. The van der Waals surface area contributed by atoms with Crippen molar-refractivity contribution in [1.29, 1.82) is 0 Å². The summed E-state index contributed by atoms with van der Waals surface area (Å²) in [6, 6.07) is 21.8. The number of piperidine rings is 1. The molecule has 4 aromatic carbocycles. The standard InChI is InChI=1S/C40H40F5N3O3S/c1-51-22-21-46-19-17-32(18-20-46)47(24-27-9-11-28(12-10-27)29-13-15-31(16-14-29)40(43,44)45)37(50)25-48-35-8-3-2-6-33(35)36(49)23-38(48)52-26-30-5-4-7-34(41)39(30)42/h2-16,23,32,36,49H,17-22,24-26H2,1H3/i1D3,21D2,22D2. The second kappa shape index (κ2) is 16.6. The molecule has 1 fully saturated rings. The van der Waals surface area contributed by atoms with Gasteiger partial charge >= 0.3 is 6.18 Å². The van der Waals surface area contributed by atoms with Crippen molar-refractivity contribution in [3.05, 3.63) is 136 Å². The lowest BCUT2D eigenvalue weighted by atomic mass is 9.99. The van der Waals surface area contributed by atoms with Crippen molar-refractivity contribution < 1.29 is 46.2 Å². The van der Waals surface area contributed by atoms with Gasteiger partial charge in [0.25, 0.3) is 0 Å². The minimum Gasteiger partial charge on any atom is -0.384 e. The van der Waals surface area contributed by atoms with E-state index in [2.05, 4.69) is 4.74 Å². The summed E-state index contributed by atoms with van der Waals surface area (Å²) in [7, 11) is -3.21. The van der Waals surface area contributed by atoms with Crippen LogP contribution in [0.3, 0.4) is 0 Å². The van der Waals surface area contributed by atoms with E-state index in [4.69, 9.17) is 9.60 Å². The van der Waals surface area contributed by atoms with Gasteiger partial charge in [-0.25, -0.2) is 8.78 Å². The number of para-hydroxylation sites is 1. The Kier molecular flexibility index (Phi) is 9.35. The Labute approximate surface area is 314 Å². The third-order valence-electron chi connectivity index (χ3n) is 9.15. The number of fused-ring (bicyclic) bond motifs is 1. The van der Waals surface area contributed by atoms with E-state index in [1.807, 2.05) is 0 Å². The van der Waals surface area contributed by atoms with Crippen LogP contribution in [0.5, 0.6) is 0 Å². The van der Waals surface area contributed by atoms with Crippen LogP contribution in [-0.2, 0) is 28.0 Å². The highest BCUT2D eigenvalue weighted by Gasteiger charge is 2.33. The van der Waals surface area contributed by atoms with Crippen LogP contribution in [-0.4, -0.2) is 66.6 Å². The molecule has 4 aromatic rings. The number of benzene rings is 4. The highest BCUT2D eigenvalue weighted by atomic mass is 32.2. The Morgan fingerprint density at radius 2 is 1.67 bits per heavy atom. The van der Waals surface area contributed by atoms with Crippen LogP contribution in [0.4, 0.5) is 27.6 Å². The van der Waals surface area contributed by atoms with E-state index in [0.717, 1.165) is 34.9 Å². The summed E-state index contributed by atoms with van der Waals surface area (Å²) in [4.78, 5) is 19.1. The summed E-state index contributed by atoms with van der Waals surface area (Å²) in [5.41, 5.74) is 2.16. The number of halogens is 5. The van der Waals surface area contributed by atoms with Gasteiger partial charge in [0, 0.05) is 64.5 Å². The Bertz CT molecular complexity index is 2150. The van der Waals surface area contributed by atoms with Gasteiger partial charge in [-0.1, -0.05) is 66.7 Å². The molecule has 1 unspecified atom stereocenters. The van der Waals surface area contributed by atoms with E-state index in [-0.39, 0.29) is 50.3 Å². The molecule has 0 radical (unpaired) electrons. The number of hydrogen-bond acceptors (Lipinski definition) is 6. The largest absolute Gasteiger partial charge is 0.416 e. The zero-order valence-corrected chi connectivity index (χ0v) is 28.6. The molecule has 1 N–H and O–H groups in total. The first-order valence-electron chi connectivity index (χ1n) is 20.0. The number of thioether (sulfide) groups is 1. The minimum absolute atomic E-state index is 0.0244. The molecule has 6 nitrogen and oxygen atoms in total. The third kappa shape index (κ3) is 8.86. The minimum atomic E-state index is -4.49. The van der Waals surface area contributed by atoms with Crippen LogP contribution in [0.25, 0.3) is 11.1 Å². The fraction of sp³-hybridized carbons (Fsp3) is 0.325. The highest BCUT2D eigenvalue weighted by molar-refractivity contribution is 8.02. The predicted molar refractivity (Wildman–Crippen MR) is 193 cm³/mol. The van der Waals surface area contributed by atoms with Gasteiger partial charge in [0.1, 0.15) is 12.6 Å². The zero-order chi connectivity index (χ0) is 42.9. The molecule has 1 saturated heterocycles. The molecule has 0 aromatic heterocycles. The molecular weight excluding hydrogens is 698 g/mol. The van der Waals surface area contributed by atoms with Crippen LogP contribution in [0.1, 0.15) is 50.8 Å². The highest BCUT2D eigenvalue weighted by Crippen LogP contribution is 2.41. The molecule has 274 valence electrons. The number of ether oxygens (including phenoxy) is 1. The predicted octanol–water partition coefficient (Wildman–Crippen LogP) is 8.42. The quantitative estimate of drug-likeness (QED) is 0.147. The normalized spacial score (nSPS) is 19.6. The molecule has 0 saturated carbocycles. The van der Waals surface area contributed by atoms with Crippen LogP contribution in [0.2, 0.25) is 0 Å². The summed E-state index contributed by atoms with van der Waals surface area (Å²) >= 11 is 1.10. The Hall–Kier alpha value is -4.23. The van der Waals surface area contributed by atoms with E-state index in [1.165, 1.54) is 30.3 Å². The topological polar surface area (TPSA) is 56.2 Å². The molecule has 1 amide bonds. The maximum atomic E-state index is 14.7. The molecule has 6 rings (SSSR count). The van der Waals surface area contributed by atoms with Gasteiger partial charge in [0.2, 0.25) is 5.91 Å². The van der Waals surface area contributed by atoms with E-state index in [1.54, 1.807) is 58.3 Å². The monoisotopic (exact) mass is 744 g/mol. The number of methoxy groups -OCH3 is 1. The molecule has 2 heterocycles. The van der Waals surface area contributed by atoms with Crippen LogP contribution < -0.4 is 4.90 Å². The fourth-order valence-corrected chi connectivity index (χ4v) is 7.46. The molecular formula is C40H40F5N3O3S. The number of aliphatic hydroxyl groups is 1. The first-order chi connectivity index (χ1) is 27.6. The summed E-state index contributed by atoms with van der Waals surface area (Å²) < 4.78 is 128. The van der Waals surface area contributed by atoms with Gasteiger partial charge in [0.15, 0.2) is 11.6 Å². The van der Waals surface area contributed by atoms with E-state index >= 15 is 0 Å². The van der Waals surface area contributed by atoms with Crippen LogP contribution in [0, 0.1) is 11.6 Å². The van der Waals surface area contributed by atoms with Gasteiger partial charge in [-0.05, 0) is 59.9 Å². The maximum Gasteiger partial charge on any atom is 0.416 e. The molecule has 2 aliphatic rings. The summed E-state index contributed by atoms with van der Waals surface area (Å²) in [5.74, 6) is -2.44. The summed E-state index contributed by atoms with van der Waals surface area (Å²) in [6.07, 6.45) is -3.71. The fourth-order valence-electron chi connectivity index (χ4n) is 6.39. The average Bonchev–Trinajstić information content (AvgIpc) is 3.18. The van der Waals surface area contributed by atoms with Crippen LogP contribution >= 0.6 is 11.8 Å². The van der Waals surface area contributed by atoms with Crippen molar-refractivity contribution in [2.24, 2.45) is 0 Å².